The molecule has 1 heterocycles. The fourth-order valence-corrected chi connectivity index (χ4v) is 2.19. The van der Waals surface area contributed by atoms with Gasteiger partial charge in [0.15, 0.2) is 0 Å². The molecule has 0 N–H and O–H groups in total. The third-order valence-electron chi connectivity index (χ3n) is 1.86. The Balaban J connectivity index is 2.64. The van der Waals surface area contributed by atoms with Crippen molar-refractivity contribution in [2.75, 3.05) is 5.88 Å². The molecule has 0 spiro atoms. The van der Waals surface area contributed by atoms with Crippen LogP contribution < -0.4 is 0 Å². The van der Waals surface area contributed by atoms with E-state index in [2.05, 4.69) is 25.8 Å². The van der Waals surface area contributed by atoms with Crippen molar-refractivity contribution < 1.29 is 0 Å². The maximum absolute atomic E-state index is 5.73. The first-order chi connectivity index (χ1) is 5.63. The van der Waals surface area contributed by atoms with Crippen LogP contribution in [0.25, 0.3) is 0 Å². The van der Waals surface area contributed by atoms with Crippen LogP contribution in [0.1, 0.15) is 22.5 Å². The second kappa shape index (κ2) is 4.24. The summed E-state index contributed by atoms with van der Waals surface area (Å²) in [5, 5.41) is 1.22. The van der Waals surface area contributed by atoms with Gasteiger partial charge in [-0.2, -0.15) is 0 Å². The molecule has 0 radical (unpaired) electrons. The molecule has 68 valence electrons. The molecule has 0 saturated heterocycles. The van der Waals surface area contributed by atoms with Crippen molar-refractivity contribution in [3.8, 4) is 0 Å². The van der Waals surface area contributed by atoms with Crippen LogP contribution in [0.4, 0.5) is 0 Å². The quantitative estimate of drug-likeness (QED) is 0.688. The molecule has 12 heavy (non-hydrogen) atoms. The molecule has 1 atom stereocenters. The molecule has 1 aromatic heterocycles. The summed E-state index contributed by atoms with van der Waals surface area (Å²) < 4.78 is 0. The topological polar surface area (TPSA) is 12.9 Å². The Morgan fingerprint density at radius 1 is 1.50 bits per heavy atom. The summed E-state index contributed by atoms with van der Waals surface area (Å²) in [7, 11) is 0. The molecule has 0 amide bonds. The van der Waals surface area contributed by atoms with Gasteiger partial charge in [0.1, 0.15) is 0 Å². The van der Waals surface area contributed by atoms with E-state index in [4.69, 9.17) is 11.6 Å². The Bertz CT molecular complexity index is 238. The minimum Gasteiger partial charge on any atom is -0.246 e. The van der Waals surface area contributed by atoms with E-state index in [1.54, 1.807) is 11.3 Å². The molecule has 1 nitrogen and oxygen atoms in total. The summed E-state index contributed by atoms with van der Waals surface area (Å²) in [6.45, 7) is 6.32. The lowest BCUT2D eigenvalue weighted by Crippen LogP contribution is -2.00. The molecule has 0 saturated carbocycles. The Hall–Kier alpha value is -0.0800. The van der Waals surface area contributed by atoms with Gasteiger partial charge in [0.05, 0.1) is 10.7 Å². The second-order valence-corrected chi connectivity index (χ2v) is 4.81. The lowest BCUT2D eigenvalue weighted by Gasteiger charge is -2.02. The SMILES string of the molecule is Cc1nc(CC(C)CCl)sc1C. The average Bonchev–Trinajstić information content (AvgIpc) is 2.31. The van der Waals surface area contributed by atoms with Gasteiger partial charge in [0, 0.05) is 17.2 Å². The predicted octanol–water partition coefficient (Wildman–Crippen LogP) is 3.18. The summed E-state index contributed by atoms with van der Waals surface area (Å²) in [6.07, 6.45) is 1.02. The van der Waals surface area contributed by atoms with E-state index in [-0.39, 0.29) is 0 Å². The van der Waals surface area contributed by atoms with E-state index in [9.17, 15) is 0 Å². The zero-order valence-corrected chi connectivity index (χ0v) is 9.30. The van der Waals surface area contributed by atoms with Gasteiger partial charge in [-0.25, -0.2) is 4.98 Å². The molecular weight excluding hydrogens is 190 g/mol. The van der Waals surface area contributed by atoms with Gasteiger partial charge in [0.2, 0.25) is 0 Å². The third kappa shape index (κ3) is 2.46. The number of alkyl halides is 1. The maximum Gasteiger partial charge on any atom is 0.0933 e. The predicted molar refractivity (Wildman–Crippen MR) is 55.2 cm³/mol. The maximum atomic E-state index is 5.73. The molecule has 0 aliphatic rings. The Morgan fingerprint density at radius 3 is 2.58 bits per heavy atom. The van der Waals surface area contributed by atoms with E-state index < -0.39 is 0 Å². The van der Waals surface area contributed by atoms with Crippen LogP contribution in [0.15, 0.2) is 0 Å². The molecule has 0 aromatic carbocycles. The fraction of sp³-hybridized carbons (Fsp3) is 0.667. The molecule has 1 unspecified atom stereocenters. The number of rotatable bonds is 3. The second-order valence-electron chi connectivity index (χ2n) is 3.21. The van der Waals surface area contributed by atoms with Crippen molar-refractivity contribution in [1.82, 2.24) is 4.98 Å². The van der Waals surface area contributed by atoms with Gasteiger partial charge >= 0.3 is 0 Å². The first-order valence-corrected chi connectivity index (χ1v) is 5.47. The third-order valence-corrected chi connectivity index (χ3v) is 3.48. The van der Waals surface area contributed by atoms with Gasteiger partial charge in [0.25, 0.3) is 0 Å². The molecule has 1 rings (SSSR count). The standard InChI is InChI=1S/C9H14ClNS/c1-6(5-10)4-9-11-7(2)8(3)12-9/h6H,4-5H2,1-3H3. The normalized spacial score (nSPS) is 13.3. The smallest absolute Gasteiger partial charge is 0.0933 e. The fourth-order valence-electron chi connectivity index (χ4n) is 0.979. The van der Waals surface area contributed by atoms with Crippen LogP contribution in [0.5, 0.6) is 0 Å². The van der Waals surface area contributed by atoms with E-state index in [0.29, 0.717) is 5.92 Å². The molecule has 0 bridgehead atoms. The molecule has 0 aliphatic carbocycles. The number of nitrogens with zero attached hydrogens (tertiary/aromatic N) is 1. The number of aryl methyl sites for hydroxylation is 2. The highest BCUT2D eigenvalue weighted by atomic mass is 35.5. The molecule has 3 heteroatoms. The number of hydrogen-bond acceptors (Lipinski definition) is 2. The molecule has 0 aliphatic heterocycles. The first kappa shape index (κ1) is 10.0. The highest BCUT2D eigenvalue weighted by molar-refractivity contribution is 7.11. The summed E-state index contributed by atoms with van der Waals surface area (Å²) in [5.74, 6) is 1.26. The van der Waals surface area contributed by atoms with Gasteiger partial charge in [-0.3, -0.25) is 0 Å². The van der Waals surface area contributed by atoms with Crippen LogP contribution >= 0.6 is 22.9 Å². The minimum absolute atomic E-state index is 0.539. The van der Waals surface area contributed by atoms with Crippen molar-refractivity contribution in [2.24, 2.45) is 5.92 Å². The number of hydrogen-bond donors (Lipinski definition) is 0. The first-order valence-electron chi connectivity index (χ1n) is 4.12. The number of aromatic nitrogens is 1. The van der Waals surface area contributed by atoms with E-state index in [1.807, 2.05) is 0 Å². The van der Waals surface area contributed by atoms with Crippen molar-refractivity contribution in [1.29, 1.82) is 0 Å². The van der Waals surface area contributed by atoms with Gasteiger partial charge < -0.3 is 0 Å². The summed E-state index contributed by atoms with van der Waals surface area (Å²) in [6, 6.07) is 0. The highest BCUT2D eigenvalue weighted by Gasteiger charge is 2.07. The van der Waals surface area contributed by atoms with Crippen molar-refractivity contribution in [3.63, 3.8) is 0 Å². The van der Waals surface area contributed by atoms with Crippen molar-refractivity contribution >= 4 is 22.9 Å². The van der Waals surface area contributed by atoms with Crippen molar-refractivity contribution in [2.45, 2.75) is 27.2 Å². The van der Waals surface area contributed by atoms with Crippen LogP contribution in [0.2, 0.25) is 0 Å². The number of thiazole rings is 1. The van der Waals surface area contributed by atoms with E-state index >= 15 is 0 Å². The Morgan fingerprint density at radius 2 is 2.17 bits per heavy atom. The highest BCUT2D eigenvalue weighted by Crippen LogP contribution is 2.19. The number of halogens is 1. The van der Waals surface area contributed by atoms with Crippen molar-refractivity contribution in [3.05, 3.63) is 15.6 Å². The van der Waals surface area contributed by atoms with Crippen LogP contribution in [0, 0.1) is 19.8 Å². The summed E-state index contributed by atoms with van der Waals surface area (Å²) in [4.78, 5) is 5.78. The zero-order chi connectivity index (χ0) is 9.14. The van der Waals surface area contributed by atoms with Crippen LogP contribution in [-0.4, -0.2) is 10.9 Å². The van der Waals surface area contributed by atoms with Crippen LogP contribution in [-0.2, 0) is 6.42 Å². The van der Waals surface area contributed by atoms with Crippen LogP contribution in [0.3, 0.4) is 0 Å². The summed E-state index contributed by atoms with van der Waals surface area (Å²) in [5.41, 5.74) is 1.16. The lowest BCUT2D eigenvalue weighted by atomic mass is 10.1. The minimum atomic E-state index is 0.539. The lowest BCUT2D eigenvalue weighted by molar-refractivity contribution is 0.651. The summed E-state index contributed by atoms with van der Waals surface area (Å²) >= 11 is 7.51. The van der Waals surface area contributed by atoms with Gasteiger partial charge in [-0.05, 0) is 19.8 Å². The molecule has 0 fully saturated rings. The average molecular weight is 204 g/mol. The largest absolute Gasteiger partial charge is 0.246 e. The monoisotopic (exact) mass is 203 g/mol. The van der Waals surface area contributed by atoms with E-state index in [1.165, 1.54) is 9.88 Å². The zero-order valence-electron chi connectivity index (χ0n) is 7.72. The molecule has 1 aromatic rings. The van der Waals surface area contributed by atoms with Gasteiger partial charge in [-0.15, -0.1) is 22.9 Å². The molecular formula is C9H14ClNS. The Kier molecular flexibility index (Phi) is 3.53. The Labute approximate surface area is 82.8 Å². The van der Waals surface area contributed by atoms with Gasteiger partial charge in [-0.1, -0.05) is 6.92 Å². The van der Waals surface area contributed by atoms with E-state index in [0.717, 1.165) is 18.0 Å².